The average Bonchev–Trinajstić information content (AvgIpc) is 2.84. The van der Waals surface area contributed by atoms with Gasteiger partial charge in [0, 0.05) is 23.9 Å². The summed E-state index contributed by atoms with van der Waals surface area (Å²) >= 11 is 4.82. The van der Waals surface area contributed by atoms with Gasteiger partial charge in [0.2, 0.25) is 11.8 Å². The zero-order chi connectivity index (χ0) is 15.2. The maximum atomic E-state index is 11.8. The first-order valence-electron chi connectivity index (χ1n) is 6.71. The van der Waals surface area contributed by atoms with Gasteiger partial charge in [0.15, 0.2) is 5.13 Å². The fourth-order valence-electron chi connectivity index (χ4n) is 1.71. The topological polar surface area (TPSA) is 71.1 Å². The van der Waals surface area contributed by atoms with Crippen molar-refractivity contribution in [2.45, 2.75) is 26.2 Å². The largest absolute Gasteiger partial charge is 0.356 e. The molecule has 0 saturated heterocycles. The number of rotatable bonds is 6. The molecule has 0 radical (unpaired) electrons. The molecule has 0 unspecified atom stereocenters. The van der Waals surface area contributed by atoms with E-state index in [2.05, 4.69) is 31.5 Å². The third kappa shape index (κ3) is 4.78. The Balaban J connectivity index is 1.88. The summed E-state index contributed by atoms with van der Waals surface area (Å²) < 4.78 is 1.98. The van der Waals surface area contributed by atoms with Crippen LogP contribution in [0.1, 0.15) is 26.2 Å². The molecule has 5 nitrogen and oxygen atoms in total. The van der Waals surface area contributed by atoms with Crippen molar-refractivity contribution in [1.29, 1.82) is 0 Å². The zero-order valence-electron chi connectivity index (χ0n) is 11.6. The standard InChI is InChI=1S/C14H16BrN3O2S/c1-2-7-16-12(19)5-6-13(20)18-14-17-10-4-3-9(15)8-11(10)21-14/h3-4,8H,2,5-7H2,1H3,(H,16,19)(H,17,18,20). The lowest BCUT2D eigenvalue weighted by molar-refractivity contribution is -0.124. The molecular formula is C14H16BrN3O2S. The van der Waals surface area contributed by atoms with E-state index >= 15 is 0 Å². The van der Waals surface area contributed by atoms with Crippen molar-refractivity contribution in [3.05, 3.63) is 22.7 Å². The Labute approximate surface area is 135 Å². The van der Waals surface area contributed by atoms with E-state index in [0.29, 0.717) is 11.7 Å². The lowest BCUT2D eigenvalue weighted by atomic mass is 10.3. The average molecular weight is 370 g/mol. The molecule has 0 saturated carbocycles. The number of hydrogen-bond acceptors (Lipinski definition) is 4. The molecule has 7 heteroatoms. The minimum Gasteiger partial charge on any atom is -0.356 e. The maximum absolute atomic E-state index is 11.8. The lowest BCUT2D eigenvalue weighted by Gasteiger charge is -2.03. The molecular weight excluding hydrogens is 354 g/mol. The van der Waals surface area contributed by atoms with Crippen molar-refractivity contribution < 1.29 is 9.59 Å². The highest BCUT2D eigenvalue weighted by atomic mass is 79.9. The number of carbonyl (C=O) groups is 2. The Bertz CT molecular complexity index is 657. The van der Waals surface area contributed by atoms with Crippen LogP contribution in [0.4, 0.5) is 5.13 Å². The van der Waals surface area contributed by atoms with Gasteiger partial charge in [0.1, 0.15) is 0 Å². The summed E-state index contributed by atoms with van der Waals surface area (Å²) in [5, 5.41) is 6.04. The number of nitrogens with zero attached hydrogens (tertiary/aromatic N) is 1. The summed E-state index contributed by atoms with van der Waals surface area (Å²) in [6.45, 7) is 2.63. The Hall–Kier alpha value is -1.47. The van der Waals surface area contributed by atoms with Crippen molar-refractivity contribution in [1.82, 2.24) is 10.3 Å². The number of hydrogen-bond donors (Lipinski definition) is 2. The number of aromatic nitrogens is 1. The second kappa shape index (κ2) is 7.51. The van der Waals surface area contributed by atoms with Crippen LogP contribution in [0.25, 0.3) is 10.2 Å². The van der Waals surface area contributed by atoms with Crippen molar-refractivity contribution >= 4 is 54.4 Å². The molecule has 0 bridgehead atoms. The van der Waals surface area contributed by atoms with Gasteiger partial charge in [-0.1, -0.05) is 34.2 Å². The minimum atomic E-state index is -0.195. The van der Waals surface area contributed by atoms with E-state index in [1.807, 2.05) is 25.1 Å². The van der Waals surface area contributed by atoms with Crippen molar-refractivity contribution in [2.75, 3.05) is 11.9 Å². The van der Waals surface area contributed by atoms with Crippen LogP contribution in [-0.2, 0) is 9.59 Å². The predicted octanol–water partition coefficient (Wildman–Crippen LogP) is 3.30. The van der Waals surface area contributed by atoms with Crippen molar-refractivity contribution in [3.8, 4) is 0 Å². The number of fused-ring (bicyclic) bond motifs is 1. The number of amides is 2. The number of anilines is 1. The summed E-state index contributed by atoms with van der Waals surface area (Å²) in [7, 11) is 0. The molecule has 1 heterocycles. The molecule has 0 aliphatic rings. The van der Waals surface area contributed by atoms with E-state index in [0.717, 1.165) is 21.1 Å². The molecule has 21 heavy (non-hydrogen) atoms. The van der Waals surface area contributed by atoms with Crippen LogP contribution in [-0.4, -0.2) is 23.3 Å². The summed E-state index contributed by atoms with van der Waals surface area (Å²) in [4.78, 5) is 27.6. The number of carbonyl (C=O) groups excluding carboxylic acids is 2. The molecule has 112 valence electrons. The van der Waals surface area contributed by atoms with Gasteiger partial charge in [-0.15, -0.1) is 0 Å². The smallest absolute Gasteiger partial charge is 0.226 e. The normalized spacial score (nSPS) is 10.6. The summed E-state index contributed by atoms with van der Waals surface area (Å²) in [5.41, 5.74) is 0.846. The SMILES string of the molecule is CCCNC(=O)CCC(=O)Nc1nc2ccc(Br)cc2s1. The fraction of sp³-hybridized carbons (Fsp3) is 0.357. The van der Waals surface area contributed by atoms with Crippen LogP contribution in [0.3, 0.4) is 0 Å². The van der Waals surface area contributed by atoms with Crippen LogP contribution in [0.15, 0.2) is 22.7 Å². The Morgan fingerprint density at radius 3 is 2.81 bits per heavy atom. The highest BCUT2D eigenvalue weighted by Crippen LogP contribution is 2.28. The summed E-state index contributed by atoms with van der Waals surface area (Å²) in [6.07, 6.45) is 1.25. The molecule has 1 aromatic carbocycles. The quantitative estimate of drug-likeness (QED) is 0.820. The first-order valence-corrected chi connectivity index (χ1v) is 8.32. The number of benzene rings is 1. The molecule has 2 amide bonds. The lowest BCUT2D eigenvalue weighted by Crippen LogP contribution is -2.25. The van der Waals surface area contributed by atoms with Gasteiger partial charge in [0.25, 0.3) is 0 Å². The fourth-order valence-corrected chi connectivity index (χ4v) is 3.15. The summed E-state index contributed by atoms with van der Waals surface area (Å²) in [6, 6.07) is 5.76. The number of thiazole rings is 1. The van der Waals surface area contributed by atoms with Crippen LogP contribution >= 0.6 is 27.3 Å². The van der Waals surface area contributed by atoms with Crippen molar-refractivity contribution in [2.24, 2.45) is 0 Å². The van der Waals surface area contributed by atoms with Gasteiger partial charge in [-0.3, -0.25) is 9.59 Å². The van der Waals surface area contributed by atoms with Crippen molar-refractivity contribution in [3.63, 3.8) is 0 Å². The minimum absolute atomic E-state index is 0.0970. The second-order valence-corrected chi connectivity index (χ2v) is 6.48. The van der Waals surface area contributed by atoms with Gasteiger partial charge in [-0.25, -0.2) is 4.98 Å². The van der Waals surface area contributed by atoms with Gasteiger partial charge in [0.05, 0.1) is 10.2 Å². The van der Waals surface area contributed by atoms with E-state index in [9.17, 15) is 9.59 Å². The first-order chi connectivity index (χ1) is 10.1. The van der Waals surface area contributed by atoms with Crippen LogP contribution < -0.4 is 10.6 Å². The van der Waals surface area contributed by atoms with E-state index in [1.165, 1.54) is 11.3 Å². The number of halogens is 1. The molecule has 0 aliphatic heterocycles. The monoisotopic (exact) mass is 369 g/mol. The first kappa shape index (κ1) is 15.9. The third-order valence-corrected chi connectivity index (χ3v) is 4.17. The van der Waals surface area contributed by atoms with Crippen LogP contribution in [0, 0.1) is 0 Å². The van der Waals surface area contributed by atoms with E-state index < -0.39 is 0 Å². The van der Waals surface area contributed by atoms with E-state index in [1.54, 1.807) is 0 Å². The van der Waals surface area contributed by atoms with Gasteiger partial charge in [-0.2, -0.15) is 0 Å². The van der Waals surface area contributed by atoms with Crippen LogP contribution in [0.2, 0.25) is 0 Å². The molecule has 2 rings (SSSR count). The maximum Gasteiger partial charge on any atom is 0.226 e. The predicted molar refractivity (Wildman–Crippen MR) is 88.5 cm³/mol. The van der Waals surface area contributed by atoms with Crippen LogP contribution in [0.5, 0.6) is 0 Å². The molecule has 2 N–H and O–H groups in total. The van der Waals surface area contributed by atoms with E-state index in [4.69, 9.17) is 0 Å². The highest BCUT2D eigenvalue weighted by Gasteiger charge is 2.10. The highest BCUT2D eigenvalue weighted by molar-refractivity contribution is 9.10. The van der Waals surface area contributed by atoms with E-state index in [-0.39, 0.29) is 24.7 Å². The van der Waals surface area contributed by atoms with Gasteiger partial charge >= 0.3 is 0 Å². The molecule has 0 atom stereocenters. The molecule has 0 spiro atoms. The van der Waals surface area contributed by atoms with Gasteiger partial charge in [-0.05, 0) is 24.6 Å². The Morgan fingerprint density at radius 2 is 2.05 bits per heavy atom. The molecule has 2 aromatic rings. The Morgan fingerprint density at radius 1 is 1.29 bits per heavy atom. The second-order valence-electron chi connectivity index (χ2n) is 4.53. The third-order valence-electron chi connectivity index (χ3n) is 2.75. The number of nitrogens with one attached hydrogen (secondary N) is 2. The summed E-state index contributed by atoms with van der Waals surface area (Å²) in [5.74, 6) is -0.292. The molecule has 0 fully saturated rings. The van der Waals surface area contributed by atoms with Gasteiger partial charge < -0.3 is 10.6 Å². The zero-order valence-corrected chi connectivity index (χ0v) is 14.0. The Kier molecular flexibility index (Phi) is 5.69. The molecule has 0 aliphatic carbocycles. The molecule has 1 aromatic heterocycles.